The summed E-state index contributed by atoms with van der Waals surface area (Å²) in [7, 11) is 1.61. The van der Waals surface area contributed by atoms with E-state index in [2.05, 4.69) is 5.32 Å². The molecule has 1 amide bonds. The molecule has 2 aromatic carbocycles. The maximum Gasteiger partial charge on any atom is 0.257 e. The molecular formula is C22H23N5O2. The number of aromatic nitrogens is 3. The van der Waals surface area contributed by atoms with E-state index in [0.717, 1.165) is 17.6 Å². The van der Waals surface area contributed by atoms with E-state index in [-0.39, 0.29) is 11.9 Å². The number of carbonyl (C=O) groups is 1. The van der Waals surface area contributed by atoms with Crippen molar-refractivity contribution in [1.82, 2.24) is 19.9 Å². The molecule has 7 nitrogen and oxygen atoms in total. The van der Waals surface area contributed by atoms with E-state index in [1.165, 1.54) is 0 Å². The van der Waals surface area contributed by atoms with Crippen molar-refractivity contribution in [2.24, 2.45) is 0 Å². The maximum absolute atomic E-state index is 13.1. The topological polar surface area (TPSA) is 95.1 Å². The predicted octanol–water partition coefficient (Wildman–Crippen LogP) is 3.69. The molecule has 29 heavy (non-hydrogen) atoms. The smallest absolute Gasteiger partial charge is 0.257 e. The molecule has 1 unspecified atom stereocenters. The van der Waals surface area contributed by atoms with E-state index < -0.39 is 0 Å². The third kappa shape index (κ3) is 3.24. The number of nitrogens with zero attached hydrogens (tertiary/aromatic N) is 3. The highest BCUT2D eigenvalue weighted by molar-refractivity contribution is 6.11. The number of fused-ring (bicyclic) bond motifs is 2. The number of amides is 1. The van der Waals surface area contributed by atoms with Crippen LogP contribution in [0.2, 0.25) is 0 Å². The monoisotopic (exact) mass is 389 g/mol. The molecule has 0 aliphatic heterocycles. The fraction of sp³-hybridized carbons (Fsp3) is 0.227. The van der Waals surface area contributed by atoms with Crippen LogP contribution in [0.25, 0.3) is 27.9 Å². The van der Waals surface area contributed by atoms with Gasteiger partial charge in [-0.15, -0.1) is 0 Å². The molecule has 1 atom stereocenters. The molecule has 7 heteroatoms. The lowest BCUT2D eigenvalue weighted by atomic mass is 10.2. The van der Waals surface area contributed by atoms with Crippen LogP contribution in [0, 0.1) is 0 Å². The lowest BCUT2D eigenvalue weighted by molar-refractivity contribution is 0.0941. The average Bonchev–Trinajstić information content (AvgIpc) is 3.02. The summed E-state index contributed by atoms with van der Waals surface area (Å²) >= 11 is 0. The number of para-hydroxylation sites is 2. The highest BCUT2D eigenvalue weighted by Crippen LogP contribution is 2.32. The first-order valence-electron chi connectivity index (χ1n) is 9.55. The Morgan fingerprint density at radius 1 is 1.17 bits per heavy atom. The largest absolute Gasteiger partial charge is 0.497 e. The minimum Gasteiger partial charge on any atom is -0.497 e. The molecule has 4 rings (SSSR count). The molecule has 0 saturated carbocycles. The molecule has 4 aromatic rings. The van der Waals surface area contributed by atoms with Crippen molar-refractivity contribution >= 4 is 33.9 Å². The Morgan fingerprint density at radius 2 is 1.90 bits per heavy atom. The summed E-state index contributed by atoms with van der Waals surface area (Å²) < 4.78 is 7.10. The van der Waals surface area contributed by atoms with Crippen LogP contribution in [0.4, 0.5) is 5.82 Å². The van der Waals surface area contributed by atoms with Gasteiger partial charge >= 0.3 is 0 Å². The minimum atomic E-state index is -0.256. The van der Waals surface area contributed by atoms with Gasteiger partial charge in [-0.05, 0) is 37.6 Å². The van der Waals surface area contributed by atoms with Crippen LogP contribution in [0.3, 0.4) is 0 Å². The van der Waals surface area contributed by atoms with Crippen molar-refractivity contribution in [1.29, 1.82) is 0 Å². The predicted molar refractivity (Wildman–Crippen MR) is 115 cm³/mol. The van der Waals surface area contributed by atoms with E-state index >= 15 is 0 Å². The number of hydrogen-bond acceptors (Lipinski definition) is 5. The molecule has 0 fully saturated rings. The third-order valence-electron chi connectivity index (χ3n) is 5.03. The zero-order chi connectivity index (χ0) is 20.5. The number of carbonyl (C=O) groups excluding carboxylic acids is 1. The Labute approximate surface area is 168 Å². The van der Waals surface area contributed by atoms with E-state index in [4.69, 9.17) is 20.4 Å². The third-order valence-corrected chi connectivity index (χ3v) is 5.03. The first kappa shape index (κ1) is 18.7. The van der Waals surface area contributed by atoms with Crippen molar-refractivity contribution < 1.29 is 9.53 Å². The first-order valence-corrected chi connectivity index (χ1v) is 9.55. The van der Waals surface area contributed by atoms with Crippen LogP contribution in [0.15, 0.2) is 48.5 Å². The summed E-state index contributed by atoms with van der Waals surface area (Å²) in [6.45, 7) is 3.97. The zero-order valence-electron chi connectivity index (χ0n) is 16.6. The van der Waals surface area contributed by atoms with Gasteiger partial charge < -0.3 is 15.8 Å². The molecule has 0 aliphatic carbocycles. The fourth-order valence-corrected chi connectivity index (χ4v) is 3.29. The molecule has 0 saturated heterocycles. The molecule has 2 aromatic heterocycles. The normalized spacial score (nSPS) is 12.2. The summed E-state index contributed by atoms with van der Waals surface area (Å²) in [5.41, 5.74) is 10.0. The number of methoxy groups -OCH3 is 1. The van der Waals surface area contributed by atoms with Crippen molar-refractivity contribution in [3.05, 3.63) is 54.1 Å². The number of ether oxygens (including phenoxy) is 1. The van der Waals surface area contributed by atoms with Crippen molar-refractivity contribution in [3.8, 4) is 11.4 Å². The first-order chi connectivity index (χ1) is 14.0. The Bertz CT molecular complexity index is 1210. The maximum atomic E-state index is 13.1. The molecule has 0 radical (unpaired) electrons. The van der Waals surface area contributed by atoms with Gasteiger partial charge in [0, 0.05) is 12.1 Å². The van der Waals surface area contributed by atoms with Crippen LogP contribution >= 0.6 is 0 Å². The number of nitrogen functional groups attached to an aromatic ring is 1. The molecular weight excluding hydrogens is 366 g/mol. The van der Waals surface area contributed by atoms with Crippen molar-refractivity contribution in [2.45, 2.75) is 26.3 Å². The second-order valence-corrected chi connectivity index (χ2v) is 6.96. The summed E-state index contributed by atoms with van der Waals surface area (Å²) in [4.78, 5) is 22.6. The number of benzene rings is 2. The van der Waals surface area contributed by atoms with Crippen LogP contribution in [-0.2, 0) is 0 Å². The Hall–Kier alpha value is -3.61. The second kappa shape index (κ2) is 7.43. The molecule has 2 heterocycles. The van der Waals surface area contributed by atoms with Gasteiger partial charge in [-0.2, -0.15) is 0 Å². The average molecular weight is 389 g/mol. The minimum absolute atomic E-state index is 0.0190. The number of rotatable bonds is 5. The Kier molecular flexibility index (Phi) is 4.80. The summed E-state index contributed by atoms with van der Waals surface area (Å²) in [5.74, 6) is 0.723. The van der Waals surface area contributed by atoms with Crippen molar-refractivity contribution in [2.75, 3.05) is 12.8 Å². The lowest BCUT2D eigenvalue weighted by Gasteiger charge is -2.12. The SMILES string of the molecule is CCC(C)NC(=O)c1c(N)n(-c2cccc(OC)c2)c2nc3ccccc3nc12. The van der Waals surface area contributed by atoms with E-state index in [1.807, 2.05) is 62.4 Å². The molecule has 0 bridgehead atoms. The van der Waals surface area contributed by atoms with Gasteiger partial charge in [0.1, 0.15) is 22.6 Å². The number of nitrogens with two attached hydrogens (primary N) is 1. The van der Waals surface area contributed by atoms with Gasteiger partial charge in [0.25, 0.3) is 5.91 Å². The number of nitrogens with one attached hydrogen (secondary N) is 1. The summed E-state index contributed by atoms with van der Waals surface area (Å²) in [6.07, 6.45) is 0.814. The van der Waals surface area contributed by atoms with Gasteiger partial charge in [-0.25, -0.2) is 9.97 Å². The van der Waals surface area contributed by atoms with Gasteiger partial charge in [0.05, 0.1) is 23.8 Å². The lowest BCUT2D eigenvalue weighted by Crippen LogP contribution is -2.32. The highest BCUT2D eigenvalue weighted by Gasteiger charge is 2.25. The molecule has 148 valence electrons. The van der Waals surface area contributed by atoms with Gasteiger partial charge in [-0.1, -0.05) is 25.1 Å². The molecule has 0 spiro atoms. The molecule has 3 N–H and O–H groups in total. The second-order valence-electron chi connectivity index (χ2n) is 6.96. The molecule has 0 aliphatic rings. The van der Waals surface area contributed by atoms with E-state index in [9.17, 15) is 4.79 Å². The van der Waals surface area contributed by atoms with Gasteiger partial charge in [0.2, 0.25) is 0 Å². The highest BCUT2D eigenvalue weighted by atomic mass is 16.5. The van der Waals surface area contributed by atoms with E-state index in [0.29, 0.717) is 33.8 Å². The standard InChI is InChI=1S/C22H23N5O2/c1-4-13(2)24-22(28)18-19-21(26-17-11-6-5-10-16(17)25-19)27(20(18)23)14-8-7-9-15(12-14)29-3/h5-13H,4,23H2,1-3H3,(H,24,28). The van der Waals surface area contributed by atoms with Crippen LogP contribution < -0.4 is 15.8 Å². The van der Waals surface area contributed by atoms with Gasteiger partial charge in [0.15, 0.2) is 5.65 Å². The number of anilines is 1. The summed E-state index contributed by atoms with van der Waals surface area (Å²) in [6, 6.07) is 15.0. The van der Waals surface area contributed by atoms with Crippen molar-refractivity contribution in [3.63, 3.8) is 0 Å². The Morgan fingerprint density at radius 3 is 2.59 bits per heavy atom. The van der Waals surface area contributed by atoms with Crippen LogP contribution in [-0.4, -0.2) is 33.6 Å². The quantitative estimate of drug-likeness (QED) is 0.543. The van der Waals surface area contributed by atoms with E-state index in [1.54, 1.807) is 11.7 Å². The van der Waals surface area contributed by atoms with Crippen LogP contribution in [0.5, 0.6) is 5.75 Å². The zero-order valence-corrected chi connectivity index (χ0v) is 16.6. The van der Waals surface area contributed by atoms with Crippen LogP contribution in [0.1, 0.15) is 30.6 Å². The summed E-state index contributed by atoms with van der Waals surface area (Å²) in [5, 5.41) is 2.99. The Balaban J connectivity index is 2.02. The number of hydrogen-bond donors (Lipinski definition) is 2. The fourth-order valence-electron chi connectivity index (χ4n) is 3.29. The van der Waals surface area contributed by atoms with Gasteiger partial charge in [-0.3, -0.25) is 9.36 Å².